The zero-order chi connectivity index (χ0) is 10.3. The lowest BCUT2D eigenvalue weighted by atomic mass is 9.69. The first-order valence-electron chi connectivity index (χ1n) is 4.94. The maximum atomic E-state index is 11.6. The number of rotatable bonds is 2. The predicted octanol–water partition coefficient (Wildman–Crippen LogP) is 2.35. The van der Waals surface area contributed by atoms with Gasteiger partial charge in [0.25, 0.3) is 0 Å². The highest BCUT2D eigenvalue weighted by Crippen LogP contribution is 2.53. The third-order valence-corrected chi connectivity index (χ3v) is 3.89. The molecule has 1 saturated carbocycles. The molecule has 2 nitrogen and oxygen atoms in total. The van der Waals surface area contributed by atoms with E-state index < -0.39 is 5.41 Å². The number of amides is 1. The van der Waals surface area contributed by atoms with Crippen LogP contribution in [0.15, 0.2) is 22.7 Å². The van der Waals surface area contributed by atoms with Crippen molar-refractivity contribution >= 4 is 21.8 Å². The van der Waals surface area contributed by atoms with Gasteiger partial charge in [-0.3, -0.25) is 4.79 Å². The SMILES string of the molecule is CC1C=C(Br)C=CC1(C(N)=O)C1CC1. The molecule has 1 amide bonds. The van der Waals surface area contributed by atoms with E-state index in [2.05, 4.69) is 28.9 Å². The summed E-state index contributed by atoms with van der Waals surface area (Å²) in [5.41, 5.74) is 5.12. The van der Waals surface area contributed by atoms with Crippen LogP contribution in [0.4, 0.5) is 0 Å². The average molecular weight is 256 g/mol. The van der Waals surface area contributed by atoms with E-state index in [0.29, 0.717) is 5.92 Å². The summed E-state index contributed by atoms with van der Waals surface area (Å²) in [5.74, 6) is 0.481. The van der Waals surface area contributed by atoms with Gasteiger partial charge in [0.15, 0.2) is 0 Å². The first kappa shape index (κ1) is 9.97. The Labute approximate surface area is 92.4 Å². The Bertz CT molecular complexity index is 330. The highest BCUT2D eigenvalue weighted by Gasteiger charge is 2.51. The fourth-order valence-corrected chi connectivity index (χ4v) is 2.91. The number of nitrogens with two attached hydrogens (primary N) is 1. The summed E-state index contributed by atoms with van der Waals surface area (Å²) in [6.07, 6.45) is 8.26. The molecular formula is C11H14BrNO. The molecule has 2 atom stereocenters. The van der Waals surface area contributed by atoms with Gasteiger partial charge in [-0.2, -0.15) is 0 Å². The van der Waals surface area contributed by atoms with Crippen molar-refractivity contribution in [1.82, 2.24) is 0 Å². The molecule has 0 aromatic heterocycles. The van der Waals surface area contributed by atoms with Crippen LogP contribution in [0.25, 0.3) is 0 Å². The normalized spacial score (nSPS) is 36.7. The molecule has 2 aliphatic rings. The largest absolute Gasteiger partial charge is 0.369 e. The molecule has 0 spiro atoms. The van der Waals surface area contributed by atoms with Crippen molar-refractivity contribution in [3.05, 3.63) is 22.7 Å². The van der Waals surface area contributed by atoms with E-state index in [1.807, 2.05) is 12.2 Å². The third kappa shape index (κ3) is 1.34. The second-order valence-electron chi connectivity index (χ2n) is 4.25. The van der Waals surface area contributed by atoms with Gasteiger partial charge in [0.1, 0.15) is 0 Å². The zero-order valence-corrected chi connectivity index (χ0v) is 9.75. The van der Waals surface area contributed by atoms with Gasteiger partial charge < -0.3 is 5.73 Å². The van der Waals surface area contributed by atoms with Crippen LogP contribution in [0.1, 0.15) is 19.8 Å². The molecule has 0 radical (unpaired) electrons. The van der Waals surface area contributed by atoms with Crippen molar-refractivity contribution in [2.24, 2.45) is 23.0 Å². The molecule has 2 N–H and O–H groups in total. The van der Waals surface area contributed by atoms with Gasteiger partial charge in [0, 0.05) is 4.48 Å². The lowest BCUT2D eigenvalue weighted by molar-refractivity contribution is -0.127. The number of primary amides is 1. The van der Waals surface area contributed by atoms with Crippen molar-refractivity contribution in [3.8, 4) is 0 Å². The molecule has 0 saturated heterocycles. The number of carbonyl (C=O) groups is 1. The third-order valence-electron chi connectivity index (χ3n) is 3.36. The van der Waals surface area contributed by atoms with Crippen molar-refractivity contribution in [2.45, 2.75) is 19.8 Å². The lowest BCUT2D eigenvalue weighted by Gasteiger charge is -2.34. The molecule has 0 aromatic carbocycles. The predicted molar refractivity (Wildman–Crippen MR) is 59.7 cm³/mol. The van der Waals surface area contributed by atoms with Crippen molar-refractivity contribution in [2.75, 3.05) is 0 Å². The van der Waals surface area contributed by atoms with Crippen LogP contribution in [0.5, 0.6) is 0 Å². The second kappa shape index (κ2) is 3.23. The second-order valence-corrected chi connectivity index (χ2v) is 5.16. The van der Waals surface area contributed by atoms with Gasteiger partial charge in [0.05, 0.1) is 5.41 Å². The molecule has 3 heteroatoms. The summed E-state index contributed by atoms with van der Waals surface area (Å²) in [7, 11) is 0. The summed E-state index contributed by atoms with van der Waals surface area (Å²) >= 11 is 3.42. The molecule has 2 aliphatic carbocycles. The van der Waals surface area contributed by atoms with Gasteiger partial charge in [-0.1, -0.05) is 41.1 Å². The van der Waals surface area contributed by atoms with E-state index >= 15 is 0 Å². The number of hydrogen-bond donors (Lipinski definition) is 1. The summed E-state index contributed by atoms with van der Waals surface area (Å²) < 4.78 is 1.04. The molecule has 0 aromatic rings. The first-order valence-corrected chi connectivity index (χ1v) is 5.73. The maximum Gasteiger partial charge on any atom is 0.228 e. The van der Waals surface area contributed by atoms with Crippen LogP contribution in [-0.2, 0) is 4.79 Å². The molecule has 0 heterocycles. The van der Waals surface area contributed by atoms with E-state index in [0.717, 1.165) is 17.3 Å². The minimum Gasteiger partial charge on any atom is -0.369 e. The number of hydrogen-bond acceptors (Lipinski definition) is 1. The van der Waals surface area contributed by atoms with E-state index in [4.69, 9.17) is 5.73 Å². The summed E-state index contributed by atoms with van der Waals surface area (Å²) in [5, 5.41) is 0. The topological polar surface area (TPSA) is 43.1 Å². The van der Waals surface area contributed by atoms with E-state index in [9.17, 15) is 4.79 Å². The molecule has 1 fully saturated rings. The highest BCUT2D eigenvalue weighted by atomic mass is 79.9. The number of allylic oxidation sites excluding steroid dienone is 3. The molecule has 2 unspecified atom stereocenters. The van der Waals surface area contributed by atoms with Gasteiger partial charge in [0.2, 0.25) is 5.91 Å². The quantitative estimate of drug-likeness (QED) is 0.809. The van der Waals surface area contributed by atoms with Crippen molar-refractivity contribution in [1.29, 1.82) is 0 Å². The fourth-order valence-electron chi connectivity index (χ4n) is 2.38. The Balaban J connectivity index is 2.37. The van der Waals surface area contributed by atoms with Crippen LogP contribution >= 0.6 is 15.9 Å². The van der Waals surface area contributed by atoms with E-state index in [-0.39, 0.29) is 11.8 Å². The highest BCUT2D eigenvalue weighted by molar-refractivity contribution is 9.11. The van der Waals surface area contributed by atoms with Gasteiger partial charge in [-0.05, 0) is 24.7 Å². The van der Waals surface area contributed by atoms with Crippen molar-refractivity contribution in [3.63, 3.8) is 0 Å². The minimum atomic E-state index is -0.419. The van der Waals surface area contributed by atoms with Crippen LogP contribution in [-0.4, -0.2) is 5.91 Å². The van der Waals surface area contributed by atoms with Gasteiger partial charge >= 0.3 is 0 Å². The zero-order valence-electron chi connectivity index (χ0n) is 8.16. The lowest BCUT2D eigenvalue weighted by Crippen LogP contribution is -2.43. The maximum absolute atomic E-state index is 11.6. The molecule has 76 valence electrons. The number of carbonyl (C=O) groups excluding carboxylic acids is 1. The Hall–Kier alpha value is -0.570. The molecule has 14 heavy (non-hydrogen) atoms. The number of halogens is 1. The Morgan fingerprint density at radius 2 is 2.29 bits per heavy atom. The first-order chi connectivity index (χ1) is 6.57. The Kier molecular flexibility index (Phi) is 2.30. The van der Waals surface area contributed by atoms with Crippen LogP contribution in [0, 0.1) is 17.3 Å². The molecule has 2 rings (SSSR count). The van der Waals surface area contributed by atoms with Crippen LogP contribution in [0.3, 0.4) is 0 Å². The molecular weight excluding hydrogens is 242 g/mol. The van der Waals surface area contributed by atoms with Crippen molar-refractivity contribution < 1.29 is 4.79 Å². The van der Waals surface area contributed by atoms with Crippen LogP contribution in [0.2, 0.25) is 0 Å². The van der Waals surface area contributed by atoms with Gasteiger partial charge in [-0.15, -0.1) is 0 Å². The summed E-state index contributed by atoms with van der Waals surface area (Å²) in [6, 6.07) is 0. The summed E-state index contributed by atoms with van der Waals surface area (Å²) in [4.78, 5) is 11.6. The van der Waals surface area contributed by atoms with Gasteiger partial charge in [-0.25, -0.2) is 0 Å². The Morgan fingerprint density at radius 1 is 1.64 bits per heavy atom. The average Bonchev–Trinajstić information content (AvgIpc) is 2.87. The smallest absolute Gasteiger partial charge is 0.228 e. The molecule has 0 aliphatic heterocycles. The van der Waals surface area contributed by atoms with E-state index in [1.54, 1.807) is 0 Å². The fraction of sp³-hybridized carbons (Fsp3) is 0.545. The summed E-state index contributed by atoms with van der Waals surface area (Å²) in [6.45, 7) is 2.06. The Morgan fingerprint density at radius 3 is 2.71 bits per heavy atom. The minimum absolute atomic E-state index is 0.181. The molecule has 0 bridgehead atoms. The van der Waals surface area contributed by atoms with Crippen LogP contribution < -0.4 is 5.73 Å². The monoisotopic (exact) mass is 255 g/mol. The standard InChI is InChI=1S/C11H14BrNO/c1-7-6-9(12)4-5-11(7,10(13)14)8-2-3-8/h4-8H,2-3H2,1H3,(H2,13,14). The van der Waals surface area contributed by atoms with E-state index in [1.165, 1.54) is 0 Å².